The molecule has 0 radical (unpaired) electrons. The van der Waals surface area contributed by atoms with Gasteiger partial charge in [-0.2, -0.15) is 13.2 Å². The largest absolute Gasteiger partial charge is 0.416 e. The highest BCUT2D eigenvalue weighted by Gasteiger charge is 2.32. The number of fused-ring (bicyclic) bond motifs is 1. The number of piperazine rings is 1. The molecule has 1 saturated heterocycles. The number of benzene rings is 1. The first-order valence-electron chi connectivity index (χ1n) is 10.5. The van der Waals surface area contributed by atoms with Gasteiger partial charge in [-0.15, -0.1) is 0 Å². The Morgan fingerprint density at radius 2 is 1.84 bits per heavy atom. The molecule has 1 fully saturated rings. The minimum absolute atomic E-state index is 0.180. The highest BCUT2D eigenvalue weighted by molar-refractivity contribution is 5.82. The van der Waals surface area contributed by atoms with E-state index in [1.165, 1.54) is 17.7 Å². The Hall–Kier alpha value is -2.68. The molecule has 2 atom stereocenters. The first kappa shape index (κ1) is 21.5. The maximum Gasteiger partial charge on any atom is 0.416 e. The molecule has 1 aromatic heterocycles. The van der Waals surface area contributed by atoms with Crippen LogP contribution in [0.1, 0.15) is 41.6 Å². The Kier molecular flexibility index (Phi) is 5.88. The first-order chi connectivity index (χ1) is 14.7. The minimum atomic E-state index is -4.38. The number of nitrogens with zero attached hydrogens (tertiary/aromatic N) is 4. The fraction of sp³-hybridized carbons (Fsp3) is 0.500. The van der Waals surface area contributed by atoms with E-state index < -0.39 is 17.8 Å². The van der Waals surface area contributed by atoms with Crippen LogP contribution in [0, 0.1) is 0 Å². The number of carbonyl (C=O) groups is 1. The Bertz CT molecular complexity index is 939. The topological polar surface area (TPSA) is 75.4 Å². The molecule has 2 N–H and O–H groups in total. The van der Waals surface area contributed by atoms with Crippen LogP contribution >= 0.6 is 0 Å². The van der Waals surface area contributed by atoms with Crippen molar-refractivity contribution in [3.05, 3.63) is 53.0 Å². The molecule has 1 aliphatic carbocycles. The molecule has 0 spiro atoms. The van der Waals surface area contributed by atoms with Crippen LogP contribution in [0.5, 0.6) is 0 Å². The number of anilines is 1. The van der Waals surface area contributed by atoms with Gasteiger partial charge in [0.25, 0.3) is 0 Å². The molecule has 1 amide bonds. The molecule has 166 valence electrons. The van der Waals surface area contributed by atoms with Crippen molar-refractivity contribution in [3.63, 3.8) is 0 Å². The van der Waals surface area contributed by atoms with Gasteiger partial charge in [-0.25, -0.2) is 9.97 Å². The van der Waals surface area contributed by atoms with E-state index in [2.05, 4.69) is 21.8 Å². The highest BCUT2D eigenvalue weighted by atomic mass is 19.4. The number of aryl methyl sites for hydroxylation is 1. The predicted molar refractivity (Wildman–Crippen MR) is 111 cm³/mol. The SMILES string of the molecule is C[C@@H]1CCc2ncnc(N3CCN(C(=O)[C@H](N)Cc4ccc(C(F)(F)F)cc4)CC3)c21. The normalized spacial score (nSPS) is 20.0. The molecule has 4 rings (SSSR count). The summed E-state index contributed by atoms with van der Waals surface area (Å²) in [5.74, 6) is 1.22. The van der Waals surface area contributed by atoms with Crippen molar-refractivity contribution in [1.29, 1.82) is 0 Å². The first-order valence-corrected chi connectivity index (χ1v) is 10.5. The summed E-state index contributed by atoms with van der Waals surface area (Å²) in [4.78, 5) is 25.6. The van der Waals surface area contributed by atoms with Gasteiger partial charge >= 0.3 is 6.18 Å². The van der Waals surface area contributed by atoms with Crippen molar-refractivity contribution in [3.8, 4) is 0 Å². The minimum Gasteiger partial charge on any atom is -0.353 e. The van der Waals surface area contributed by atoms with Crippen LogP contribution in [0.4, 0.5) is 19.0 Å². The number of carbonyl (C=O) groups excluding carboxylic acids is 1. The lowest BCUT2D eigenvalue weighted by Crippen LogP contribution is -2.54. The predicted octanol–water partition coefficient (Wildman–Crippen LogP) is 2.76. The van der Waals surface area contributed by atoms with Crippen LogP contribution in [0.3, 0.4) is 0 Å². The van der Waals surface area contributed by atoms with Crippen LogP contribution in [-0.4, -0.2) is 53.0 Å². The van der Waals surface area contributed by atoms with E-state index in [-0.39, 0.29) is 12.3 Å². The van der Waals surface area contributed by atoms with E-state index in [9.17, 15) is 18.0 Å². The van der Waals surface area contributed by atoms with Crippen LogP contribution in [0.2, 0.25) is 0 Å². The van der Waals surface area contributed by atoms with Crippen molar-refractivity contribution < 1.29 is 18.0 Å². The lowest BCUT2D eigenvalue weighted by Gasteiger charge is -2.37. The molecule has 31 heavy (non-hydrogen) atoms. The fourth-order valence-electron chi connectivity index (χ4n) is 4.42. The van der Waals surface area contributed by atoms with Gasteiger partial charge in [0.15, 0.2) is 0 Å². The smallest absolute Gasteiger partial charge is 0.353 e. The van der Waals surface area contributed by atoms with E-state index in [1.807, 2.05) is 0 Å². The van der Waals surface area contributed by atoms with Crippen molar-refractivity contribution in [2.24, 2.45) is 5.73 Å². The number of amides is 1. The number of nitrogens with two attached hydrogens (primary N) is 1. The van der Waals surface area contributed by atoms with Gasteiger partial charge in [0.1, 0.15) is 12.1 Å². The summed E-state index contributed by atoms with van der Waals surface area (Å²) < 4.78 is 38.1. The van der Waals surface area contributed by atoms with Gasteiger partial charge < -0.3 is 15.5 Å². The quantitative estimate of drug-likeness (QED) is 0.803. The summed E-state index contributed by atoms with van der Waals surface area (Å²) in [7, 11) is 0. The molecule has 9 heteroatoms. The second kappa shape index (κ2) is 8.45. The van der Waals surface area contributed by atoms with Crippen molar-refractivity contribution in [2.75, 3.05) is 31.1 Å². The van der Waals surface area contributed by atoms with E-state index in [0.29, 0.717) is 37.7 Å². The van der Waals surface area contributed by atoms with Crippen LogP contribution in [0.25, 0.3) is 0 Å². The van der Waals surface area contributed by atoms with Crippen molar-refractivity contribution >= 4 is 11.7 Å². The second-order valence-corrected chi connectivity index (χ2v) is 8.32. The summed E-state index contributed by atoms with van der Waals surface area (Å²) in [5, 5.41) is 0. The van der Waals surface area contributed by atoms with Gasteiger partial charge in [0.05, 0.1) is 11.6 Å². The molecule has 0 saturated carbocycles. The lowest BCUT2D eigenvalue weighted by molar-refractivity contribution is -0.137. The Morgan fingerprint density at radius 3 is 2.48 bits per heavy atom. The van der Waals surface area contributed by atoms with Gasteiger partial charge in [-0.1, -0.05) is 19.1 Å². The number of hydrogen-bond donors (Lipinski definition) is 1. The number of hydrogen-bond acceptors (Lipinski definition) is 5. The van der Waals surface area contributed by atoms with E-state index in [0.717, 1.165) is 36.5 Å². The Morgan fingerprint density at radius 1 is 1.16 bits per heavy atom. The highest BCUT2D eigenvalue weighted by Crippen LogP contribution is 2.37. The summed E-state index contributed by atoms with van der Waals surface area (Å²) in [5.41, 5.74) is 8.34. The standard InChI is InChI=1S/C22H26F3N5O/c1-14-2-7-18-19(14)20(28-13-27-18)29-8-10-30(11-9-29)21(31)17(26)12-15-3-5-16(6-4-15)22(23,24)25/h3-6,13-14,17H,2,7-12,26H2,1H3/t14-,17-/m1/s1. The third-order valence-electron chi connectivity index (χ3n) is 6.20. The number of alkyl halides is 3. The molecule has 1 aliphatic heterocycles. The van der Waals surface area contributed by atoms with Crippen LogP contribution in [-0.2, 0) is 23.8 Å². The zero-order chi connectivity index (χ0) is 22.2. The third kappa shape index (κ3) is 4.51. The average Bonchev–Trinajstić information content (AvgIpc) is 3.14. The van der Waals surface area contributed by atoms with Crippen LogP contribution in [0.15, 0.2) is 30.6 Å². The molecular formula is C22H26F3N5O. The summed E-state index contributed by atoms with van der Waals surface area (Å²) in [6, 6.07) is 4.01. The fourth-order valence-corrected chi connectivity index (χ4v) is 4.42. The molecule has 0 bridgehead atoms. The zero-order valence-corrected chi connectivity index (χ0v) is 17.4. The van der Waals surface area contributed by atoms with Crippen molar-refractivity contribution in [1.82, 2.24) is 14.9 Å². The van der Waals surface area contributed by atoms with Gasteiger partial charge in [-0.05, 0) is 42.9 Å². The number of halogens is 3. The number of aromatic nitrogens is 2. The molecular weight excluding hydrogens is 407 g/mol. The molecule has 0 unspecified atom stereocenters. The van der Waals surface area contributed by atoms with Crippen molar-refractivity contribution in [2.45, 2.75) is 44.3 Å². The molecule has 2 heterocycles. The van der Waals surface area contributed by atoms with E-state index in [1.54, 1.807) is 11.2 Å². The maximum absolute atomic E-state index is 12.8. The number of rotatable bonds is 4. The monoisotopic (exact) mass is 433 g/mol. The second-order valence-electron chi connectivity index (χ2n) is 8.32. The lowest BCUT2D eigenvalue weighted by atomic mass is 10.0. The Labute approximate surface area is 179 Å². The molecule has 2 aromatic rings. The van der Waals surface area contributed by atoms with Gasteiger partial charge in [-0.3, -0.25) is 4.79 Å². The molecule has 6 nitrogen and oxygen atoms in total. The Balaban J connectivity index is 1.35. The summed E-state index contributed by atoms with van der Waals surface area (Å²) in [6.07, 6.45) is -0.503. The van der Waals surface area contributed by atoms with Gasteiger partial charge in [0, 0.05) is 37.4 Å². The molecule has 2 aliphatic rings. The third-order valence-corrected chi connectivity index (χ3v) is 6.20. The maximum atomic E-state index is 12.8. The average molecular weight is 433 g/mol. The molecule has 1 aromatic carbocycles. The van der Waals surface area contributed by atoms with Crippen LogP contribution < -0.4 is 10.6 Å². The van der Waals surface area contributed by atoms with E-state index in [4.69, 9.17) is 5.73 Å². The summed E-state index contributed by atoms with van der Waals surface area (Å²) in [6.45, 7) is 4.59. The van der Waals surface area contributed by atoms with Gasteiger partial charge in [0.2, 0.25) is 5.91 Å². The summed E-state index contributed by atoms with van der Waals surface area (Å²) >= 11 is 0. The van der Waals surface area contributed by atoms with E-state index >= 15 is 0 Å². The zero-order valence-electron chi connectivity index (χ0n) is 17.4.